The molecule has 1 N–H and O–H groups in total. The van der Waals surface area contributed by atoms with Gasteiger partial charge in [0.05, 0.1) is 13.2 Å². The summed E-state index contributed by atoms with van der Waals surface area (Å²) in [6.07, 6.45) is 0. The number of morpholine rings is 1. The van der Waals surface area contributed by atoms with E-state index in [1.807, 2.05) is 36.9 Å². The van der Waals surface area contributed by atoms with Gasteiger partial charge in [-0.15, -0.1) is 0 Å². The first-order chi connectivity index (χ1) is 14.5. The second-order valence-electron chi connectivity index (χ2n) is 7.59. The van der Waals surface area contributed by atoms with Crippen LogP contribution in [0.1, 0.15) is 11.4 Å². The highest BCUT2D eigenvalue weighted by Gasteiger charge is 2.24. The summed E-state index contributed by atoms with van der Waals surface area (Å²) in [7, 11) is 0. The van der Waals surface area contributed by atoms with Crippen molar-refractivity contribution >= 4 is 35.0 Å². The van der Waals surface area contributed by atoms with E-state index >= 15 is 0 Å². The fourth-order valence-corrected chi connectivity index (χ4v) is 3.89. The van der Waals surface area contributed by atoms with E-state index in [1.165, 1.54) is 0 Å². The van der Waals surface area contributed by atoms with Crippen LogP contribution in [0.3, 0.4) is 0 Å². The summed E-state index contributed by atoms with van der Waals surface area (Å²) in [5.74, 6) is 2.61. The molecule has 30 heavy (non-hydrogen) atoms. The number of halogens is 1. The highest BCUT2D eigenvalue weighted by atomic mass is 35.5. The smallest absolute Gasteiger partial charge is 0.321 e. The molecule has 0 aliphatic carbocycles. The van der Waals surface area contributed by atoms with Crippen LogP contribution in [0.25, 0.3) is 0 Å². The molecular formula is C21H27ClN6O2. The minimum absolute atomic E-state index is 0.104. The molecule has 2 aromatic rings. The van der Waals surface area contributed by atoms with Gasteiger partial charge in [0.15, 0.2) is 0 Å². The van der Waals surface area contributed by atoms with Crippen molar-refractivity contribution < 1.29 is 9.53 Å². The second kappa shape index (κ2) is 9.06. The quantitative estimate of drug-likeness (QED) is 0.807. The standard InChI is InChI=1S/C21H27ClN6O2/c1-15-3-4-17(22)13-18(15)25-21(29)28-7-5-26(6-8-28)19-14-20(24-16(2)23-19)27-9-11-30-12-10-27/h3-4,13-14H,5-12H2,1-2H3,(H,25,29). The van der Waals surface area contributed by atoms with E-state index in [4.69, 9.17) is 16.3 Å². The summed E-state index contributed by atoms with van der Waals surface area (Å²) in [5.41, 5.74) is 1.73. The maximum Gasteiger partial charge on any atom is 0.321 e. The van der Waals surface area contributed by atoms with Gasteiger partial charge in [0, 0.05) is 56.0 Å². The Morgan fingerprint density at radius 1 is 0.967 bits per heavy atom. The Labute approximate surface area is 181 Å². The molecule has 0 spiro atoms. The van der Waals surface area contributed by atoms with E-state index in [9.17, 15) is 4.79 Å². The van der Waals surface area contributed by atoms with E-state index in [-0.39, 0.29) is 6.03 Å². The van der Waals surface area contributed by atoms with Crippen LogP contribution in [0.2, 0.25) is 5.02 Å². The van der Waals surface area contributed by atoms with E-state index in [2.05, 4.69) is 25.1 Å². The molecule has 0 bridgehead atoms. The van der Waals surface area contributed by atoms with Gasteiger partial charge < -0.3 is 24.8 Å². The molecule has 1 aromatic heterocycles. The maximum atomic E-state index is 12.7. The maximum absolute atomic E-state index is 12.7. The van der Waals surface area contributed by atoms with Gasteiger partial charge in [0.2, 0.25) is 0 Å². The molecule has 3 heterocycles. The first-order valence-electron chi connectivity index (χ1n) is 10.2. The predicted octanol–water partition coefficient (Wildman–Crippen LogP) is 2.94. The number of carbonyl (C=O) groups excluding carboxylic acids is 1. The largest absolute Gasteiger partial charge is 0.378 e. The molecule has 2 saturated heterocycles. The van der Waals surface area contributed by atoms with Gasteiger partial charge in [-0.3, -0.25) is 0 Å². The first-order valence-corrected chi connectivity index (χ1v) is 10.6. The third-order valence-electron chi connectivity index (χ3n) is 5.48. The number of carbonyl (C=O) groups is 1. The highest BCUT2D eigenvalue weighted by Crippen LogP contribution is 2.23. The summed E-state index contributed by atoms with van der Waals surface area (Å²) >= 11 is 6.06. The van der Waals surface area contributed by atoms with E-state index in [0.29, 0.717) is 18.1 Å². The van der Waals surface area contributed by atoms with Gasteiger partial charge in [-0.05, 0) is 31.5 Å². The Kier molecular flexibility index (Phi) is 6.24. The summed E-state index contributed by atoms with van der Waals surface area (Å²) < 4.78 is 5.44. The topological polar surface area (TPSA) is 73.8 Å². The van der Waals surface area contributed by atoms with Crippen molar-refractivity contribution in [2.45, 2.75) is 13.8 Å². The second-order valence-corrected chi connectivity index (χ2v) is 8.03. The van der Waals surface area contributed by atoms with Crippen LogP contribution in [0, 0.1) is 13.8 Å². The van der Waals surface area contributed by atoms with Gasteiger partial charge in [0.1, 0.15) is 17.5 Å². The first kappa shape index (κ1) is 20.7. The normalized spacial score (nSPS) is 17.2. The number of aryl methyl sites for hydroxylation is 2. The SMILES string of the molecule is Cc1nc(N2CCOCC2)cc(N2CCN(C(=O)Nc3cc(Cl)ccc3C)CC2)n1. The Bertz CT molecular complexity index is 910. The Morgan fingerprint density at radius 3 is 2.27 bits per heavy atom. The van der Waals surface area contributed by atoms with Gasteiger partial charge in [0.25, 0.3) is 0 Å². The minimum atomic E-state index is -0.104. The lowest BCUT2D eigenvalue weighted by molar-refractivity contribution is 0.122. The molecule has 8 nitrogen and oxygen atoms in total. The number of amides is 2. The predicted molar refractivity (Wildman–Crippen MR) is 119 cm³/mol. The van der Waals surface area contributed by atoms with E-state index in [1.54, 1.807) is 6.07 Å². The van der Waals surface area contributed by atoms with Crippen molar-refractivity contribution in [2.75, 3.05) is 67.6 Å². The molecule has 2 aliphatic rings. The molecule has 1 aromatic carbocycles. The number of hydrogen-bond donors (Lipinski definition) is 1. The van der Waals surface area contributed by atoms with Crippen molar-refractivity contribution in [3.05, 3.63) is 40.7 Å². The zero-order chi connectivity index (χ0) is 21.1. The van der Waals surface area contributed by atoms with Gasteiger partial charge in [-0.2, -0.15) is 0 Å². The fourth-order valence-electron chi connectivity index (χ4n) is 3.71. The molecule has 0 unspecified atom stereocenters. The number of benzene rings is 1. The summed E-state index contributed by atoms with van der Waals surface area (Å²) in [6, 6.07) is 7.44. The van der Waals surface area contributed by atoms with E-state index < -0.39 is 0 Å². The van der Waals surface area contributed by atoms with Crippen LogP contribution in [0.15, 0.2) is 24.3 Å². The Balaban J connectivity index is 1.39. The van der Waals surface area contributed by atoms with Gasteiger partial charge >= 0.3 is 6.03 Å². The van der Waals surface area contributed by atoms with E-state index in [0.717, 1.165) is 68.1 Å². The molecule has 0 radical (unpaired) electrons. The minimum Gasteiger partial charge on any atom is -0.378 e. The van der Waals surface area contributed by atoms with Crippen LogP contribution < -0.4 is 15.1 Å². The molecule has 2 fully saturated rings. The van der Waals surface area contributed by atoms with Crippen LogP contribution in [-0.2, 0) is 4.74 Å². The molecule has 0 atom stereocenters. The number of aromatic nitrogens is 2. The van der Waals surface area contributed by atoms with Gasteiger partial charge in [-0.25, -0.2) is 14.8 Å². The Morgan fingerprint density at radius 2 is 1.60 bits per heavy atom. The average Bonchev–Trinajstić information content (AvgIpc) is 2.76. The van der Waals surface area contributed by atoms with Gasteiger partial charge in [-0.1, -0.05) is 17.7 Å². The summed E-state index contributed by atoms with van der Waals surface area (Å²) in [4.78, 5) is 28.2. The third kappa shape index (κ3) is 4.76. The lowest BCUT2D eigenvalue weighted by Crippen LogP contribution is -2.50. The zero-order valence-corrected chi connectivity index (χ0v) is 18.2. The molecule has 0 saturated carbocycles. The average molecular weight is 431 g/mol. The molecule has 2 amide bonds. The molecule has 160 valence electrons. The van der Waals surface area contributed by atoms with Crippen LogP contribution >= 0.6 is 11.6 Å². The van der Waals surface area contributed by atoms with Crippen molar-refractivity contribution in [1.82, 2.24) is 14.9 Å². The molecule has 9 heteroatoms. The number of hydrogen-bond acceptors (Lipinski definition) is 6. The lowest BCUT2D eigenvalue weighted by Gasteiger charge is -2.36. The number of urea groups is 1. The Hall–Kier alpha value is -2.58. The van der Waals surface area contributed by atoms with Crippen molar-refractivity contribution in [3.8, 4) is 0 Å². The van der Waals surface area contributed by atoms with Crippen molar-refractivity contribution in [3.63, 3.8) is 0 Å². The monoisotopic (exact) mass is 430 g/mol. The molecule has 4 rings (SSSR count). The summed E-state index contributed by atoms with van der Waals surface area (Å²) in [5, 5.41) is 3.58. The van der Waals surface area contributed by atoms with Crippen LogP contribution in [0.4, 0.5) is 22.1 Å². The number of piperazine rings is 1. The number of ether oxygens (including phenoxy) is 1. The zero-order valence-electron chi connectivity index (χ0n) is 17.4. The van der Waals surface area contributed by atoms with Crippen molar-refractivity contribution in [2.24, 2.45) is 0 Å². The number of anilines is 3. The fraction of sp³-hybridized carbons (Fsp3) is 0.476. The highest BCUT2D eigenvalue weighted by molar-refractivity contribution is 6.31. The summed E-state index contributed by atoms with van der Waals surface area (Å²) in [6.45, 7) is 9.69. The van der Waals surface area contributed by atoms with Crippen LogP contribution in [0.5, 0.6) is 0 Å². The lowest BCUT2D eigenvalue weighted by atomic mass is 10.2. The number of nitrogens with zero attached hydrogens (tertiary/aromatic N) is 5. The van der Waals surface area contributed by atoms with Crippen molar-refractivity contribution in [1.29, 1.82) is 0 Å². The third-order valence-corrected chi connectivity index (χ3v) is 5.71. The number of rotatable bonds is 3. The molecular weight excluding hydrogens is 404 g/mol. The molecule has 2 aliphatic heterocycles. The van der Waals surface area contributed by atoms with Crippen LogP contribution in [-0.4, -0.2) is 73.4 Å². The number of nitrogens with one attached hydrogen (secondary N) is 1.